The minimum Gasteiger partial charge on any atom is -0.477 e. The molecule has 0 bridgehead atoms. The van der Waals surface area contributed by atoms with Gasteiger partial charge in [-0.2, -0.15) is 3.71 Å². The average molecular weight is 346 g/mol. The maximum atomic E-state index is 11.8. The van der Waals surface area contributed by atoms with E-state index in [9.17, 15) is 14.7 Å². The normalized spacial score (nSPS) is 29.3. The summed E-state index contributed by atoms with van der Waals surface area (Å²) in [7, 11) is 0. The van der Waals surface area contributed by atoms with Crippen LogP contribution in [0.15, 0.2) is 16.3 Å². The zero-order valence-electron chi connectivity index (χ0n) is 11.2. The van der Waals surface area contributed by atoms with E-state index in [-0.39, 0.29) is 17.0 Å². The van der Waals surface area contributed by atoms with E-state index in [1.54, 1.807) is 11.9 Å². The number of β-lactam (4-membered cyclic amide) rings is 1. The number of rotatable bonds is 4. The van der Waals surface area contributed by atoms with Gasteiger partial charge in [0.15, 0.2) is 0 Å². The van der Waals surface area contributed by atoms with Crippen LogP contribution >= 0.6 is 35.7 Å². The van der Waals surface area contributed by atoms with E-state index in [0.29, 0.717) is 18.2 Å². The fraction of sp³-hybridized carbons (Fsp3) is 0.545. The number of aliphatic imine (C=N–C) groups is 1. The Balaban J connectivity index is 1.72. The number of fused-ring (bicyclic) bond motifs is 1. The number of amides is 1. The molecule has 0 radical (unpaired) electrons. The Morgan fingerprint density at radius 1 is 1.62 bits per heavy atom. The molecule has 0 spiro atoms. The van der Waals surface area contributed by atoms with Gasteiger partial charge in [-0.25, -0.2) is 4.79 Å². The van der Waals surface area contributed by atoms with Crippen molar-refractivity contribution in [1.82, 2.24) is 8.61 Å². The van der Waals surface area contributed by atoms with Crippen molar-refractivity contribution in [3.05, 3.63) is 11.3 Å². The van der Waals surface area contributed by atoms with Crippen molar-refractivity contribution < 1.29 is 14.7 Å². The first-order valence-corrected chi connectivity index (χ1v) is 9.00. The highest BCUT2D eigenvalue weighted by Gasteiger charge is 2.51. The van der Waals surface area contributed by atoms with E-state index in [1.165, 1.54) is 28.6 Å². The van der Waals surface area contributed by atoms with Gasteiger partial charge in [-0.05, 0) is 24.4 Å². The van der Waals surface area contributed by atoms with Crippen molar-refractivity contribution in [3.63, 3.8) is 0 Å². The molecule has 10 heteroatoms. The standard InChI is InChI=1S/C11H14N4O3S3/c1-5-13-4-14(21-5)20-3-6-2-19-10-7(12)9(16)15(10)8(6)11(17)18/h7,10H,2-4,12H2,1H3,(H,17,18)/t7-,10+/m1/s1. The minimum atomic E-state index is -1.06. The fourth-order valence-corrected chi connectivity index (χ4v) is 5.59. The summed E-state index contributed by atoms with van der Waals surface area (Å²) in [6.07, 6.45) is 0. The smallest absolute Gasteiger partial charge is 0.352 e. The van der Waals surface area contributed by atoms with Crippen LogP contribution in [0.1, 0.15) is 6.92 Å². The van der Waals surface area contributed by atoms with E-state index in [1.807, 2.05) is 10.6 Å². The Bertz CT molecular complexity index is 565. The molecule has 1 saturated heterocycles. The summed E-state index contributed by atoms with van der Waals surface area (Å²) < 4.78 is 2.00. The predicted molar refractivity (Wildman–Crippen MR) is 85.6 cm³/mol. The predicted octanol–water partition coefficient (Wildman–Crippen LogP) is 0.555. The molecule has 114 valence electrons. The molecule has 0 aliphatic carbocycles. The molecule has 7 nitrogen and oxygen atoms in total. The zero-order chi connectivity index (χ0) is 15.1. The van der Waals surface area contributed by atoms with Crippen molar-refractivity contribution in [1.29, 1.82) is 0 Å². The first-order chi connectivity index (χ1) is 9.99. The Labute approximate surface area is 134 Å². The monoisotopic (exact) mass is 346 g/mol. The van der Waals surface area contributed by atoms with Gasteiger partial charge in [0.1, 0.15) is 23.8 Å². The molecular formula is C11H14N4O3S3. The van der Waals surface area contributed by atoms with Crippen LogP contribution in [0.3, 0.4) is 0 Å². The first-order valence-electron chi connectivity index (χ1n) is 6.24. The zero-order valence-corrected chi connectivity index (χ0v) is 13.6. The summed E-state index contributed by atoms with van der Waals surface area (Å²) in [6.45, 7) is 2.54. The van der Waals surface area contributed by atoms with E-state index in [2.05, 4.69) is 4.99 Å². The van der Waals surface area contributed by atoms with E-state index >= 15 is 0 Å². The SMILES string of the molecule is CC1=NCN(SCC2=C(C(=O)O)N3C(=O)[C@@H](N)[C@@H]3SC2)S1. The molecule has 1 fully saturated rings. The van der Waals surface area contributed by atoms with E-state index in [4.69, 9.17) is 5.73 Å². The molecule has 0 saturated carbocycles. The summed E-state index contributed by atoms with van der Waals surface area (Å²) in [5, 5.41) is 10.2. The maximum absolute atomic E-state index is 11.8. The molecule has 0 aromatic carbocycles. The third kappa shape index (κ3) is 2.70. The number of carboxylic acids is 1. The molecule has 0 unspecified atom stereocenters. The molecule has 0 aromatic rings. The second kappa shape index (κ2) is 5.84. The van der Waals surface area contributed by atoms with Crippen LogP contribution in [0.4, 0.5) is 0 Å². The highest BCUT2D eigenvalue weighted by Crippen LogP contribution is 2.41. The van der Waals surface area contributed by atoms with Gasteiger partial charge in [-0.1, -0.05) is 11.9 Å². The largest absolute Gasteiger partial charge is 0.477 e. The van der Waals surface area contributed by atoms with Crippen molar-refractivity contribution >= 4 is 52.6 Å². The summed E-state index contributed by atoms with van der Waals surface area (Å²) in [6, 6.07) is -0.580. The van der Waals surface area contributed by atoms with Crippen LogP contribution in [0.2, 0.25) is 0 Å². The lowest BCUT2D eigenvalue weighted by molar-refractivity contribution is -0.147. The minimum absolute atomic E-state index is 0.111. The lowest BCUT2D eigenvalue weighted by Crippen LogP contribution is -2.68. The topological polar surface area (TPSA) is 99.2 Å². The fourth-order valence-electron chi connectivity index (χ4n) is 2.27. The third-order valence-corrected chi connectivity index (χ3v) is 6.81. The Morgan fingerprint density at radius 2 is 2.38 bits per heavy atom. The molecule has 3 aliphatic heterocycles. The third-order valence-electron chi connectivity index (χ3n) is 3.32. The highest BCUT2D eigenvalue weighted by atomic mass is 32.2. The van der Waals surface area contributed by atoms with Gasteiger partial charge in [0.2, 0.25) is 5.91 Å². The average Bonchev–Trinajstić information content (AvgIpc) is 2.88. The molecule has 21 heavy (non-hydrogen) atoms. The Kier molecular flexibility index (Phi) is 4.23. The van der Waals surface area contributed by atoms with Crippen molar-refractivity contribution in [2.45, 2.75) is 18.3 Å². The molecule has 2 atom stereocenters. The molecule has 1 amide bonds. The van der Waals surface area contributed by atoms with Gasteiger partial charge < -0.3 is 10.8 Å². The van der Waals surface area contributed by atoms with Crippen molar-refractivity contribution in [3.8, 4) is 0 Å². The number of nitrogens with zero attached hydrogens (tertiary/aromatic N) is 3. The van der Waals surface area contributed by atoms with Gasteiger partial charge in [0.25, 0.3) is 0 Å². The summed E-state index contributed by atoms with van der Waals surface area (Å²) in [5.41, 5.74) is 6.59. The lowest BCUT2D eigenvalue weighted by Gasteiger charge is -2.48. The van der Waals surface area contributed by atoms with Crippen LogP contribution in [0.25, 0.3) is 0 Å². The summed E-state index contributed by atoms with van der Waals surface area (Å²) in [5.74, 6) is -0.231. The van der Waals surface area contributed by atoms with Crippen molar-refractivity contribution in [2.75, 3.05) is 18.2 Å². The second-order valence-electron chi connectivity index (χ2n) is 4.71. The molecule has 3 heterocycles. The van der Waals surface area contributed by atoms with Gasteiger partial charge in [0.05, 0.1) is 5.04 Å². The van der Waals surface area contributed by atoms with Crippen LogP contribution in [0.5, 0.6) is 0 Å². The molecule has 3 N–H and O–H groups in total. The number of carbonyl (C=O) groups excluding carboxylic acids is 1. The van der Waals surface area contributed by atoms with E-state index < -0.39 is 12.0 Å². The van der Waals surface area contributed by atoms with Crippen LogP contribution in [0, 0.1) is 0 Å². The second-order valence-corrected chi connectivity index (χ2v) is 8.25. The quantitative estimate of drug-likeness (QED) is 0.563. The summed E-state index contributed by atoms with van der Waals surface area (Å²) >= 11 is 4.60. The first kappa shape index (κ1) is 15.2. The Morgan fingerprint density at radius 3 is 3.00 bits per heavy atom. The number of hydrogen-bond donors (Lipinski definition) is 2. The molecule has 3 aliphatic rings. The number of carboxylic acid groups (broad SMARTS) is 1. The number of carbonyl (C=O) groups is 2. The van der Waals surface area contributed by atoms with Crippen molar-refractivity contribution in [2.24, 2.45) is 10.7 Å². The molecular weight excluding hydrogens is 332 g/mol. The van der Waals surface area contributed by atoms with Gasteiger partial charge in [-0.15, -0.1) is 11.8 Å². The summed E-state index contributed by atoms with van der Waals surface area (Å²) in [4.78, 5) is 28.9. The highest BCUT2D eigenvalue weighted by molar-refractivity contribution is 8.20. The molecule has 3 rings (SSSR count). The van der Waals surface area contributed by atoms with Gasteiger partial charge in [-0.3, -0.25) is 14.7 Å². The van der Waals surface area contributed by atoms with Gasteiger partial charge in [0, 0.05) is 11.5 Å². The Hall–Kier alpha value is -0.680. The van der Waals surface area contributed by atoms with Gasteiger partial charge >= 0.3 is 5.97 Å². The van der Waals surface area contributed by atoms with Crippen LogP contribution in [-0.2, 0) is 9.59 Å². The number of nitrogens with two attached hydrogens (primary N) is 1. The van der Waals surface area contributed by atoms with E-state index in [0.717, 1.165) is 10.6 Å². The number of thioether (sulfide) groups is 1. The number of aliphatic carboxylic acids is 1. The maximum Gasteiger partial charge on any atom is 0.352 e. The van der Waals surface area contributed by atoms with Crippen LogP contribution in [-0.4, -0.2) is 60.2 Å². The lowest BCUT2D eigenvalue weighted by atomic mass is 10.0. The number of hydrogen-bond acceptors (Lipinski definition) is 8. The van der Waals surface area contributed by atoms with Crippen LogP contribution < -0.4 is 5.73 Å². The molecule has 0 aromatic heterocycles.